The average molecular weight is 318 g/mol. The van der Waals surface area contributed by atoms with Crippen LogP contribution in [0.5, 0.6) is 0 Å². The minimum Gasteiger partial charge on any atom is -0.375 e. The van der Waals surface area contributed by atoms with Crippen molar-refractivity contribution >= 4 is 17.5 Å². The number of fused-ring (bicyclic) bond motifs is 1. The predicted molar refractivity (Wildman–Crippen MR) is 86.3 cm³/mol. The molecule has 5 nitrogen and oxygen atoms in total. The fourth-order valence-electron chi connectivity index (χ4n) is 3.80. The number of thioether (sulfide) groups is 1. The number of rotatable bonds is 2. The number of aryl methyl sites for hydroxylation is 2. The lowest BCUT2D eigenvalue weighted by Gasteiger charge is -2.37. The highest BCUT2D eigenvalue weighted by molar-refractivity contribution is 7.99. The maximum absolute atomic E-state index is 6.12. The van der Waals surface area contributed by atoms with Gasteiger partial charge < -0.3 is 4.74 Å². The molecule has 0 N–H and O–H groups in total. The van der Waals surface area contributed by atoms with E-state index in [0.717, 1.165) is 36.0 Å². The van der Waals surface area contributed by atoms with E-state index in [-0.39, 0.29) is 5.60 Å². The molecule has 1 aliphatic heterocycles. The molecular formula is C16H22N4OS. The Kier molecular flexibility index (Phi) is 3.61. The summed E-state index contributed by atoms with van der Waals surface area (Å²) in [6.45, 7) is 4.92. The van der Waals surface area contributed by atoms with E-state index in [4.69, 9.17) is 4.74 Å². The normalized spacial score (nSPS) is 24.4. The molecule has 3 heterocycles. The van der Waals surface area contributed by atoms with Gasteiger partial charge in [-0.3, -0.25) is 0 Å². The molecular weight excluding hydrogens is 296 g/mol. The quantitative estimate of drug-likeness (QED) is 0.850. The second kappa shape index (κ2) is 5.49. The van der Waals surface area contributed by atoms with E-state index < -0.39 is 0 Å². The van der Waals surface area contributed by atoms with Crippen molar-refractivity contribution in [2.24, 2.45) is 0 Å². The maximum atomic E-state index is 6.12. The molecule has 2 fully saturated rings. The van der Waals surface area contributed by atoms with Crippen LogP contribution in [0.4, 0.5) is 0 Å². The van der Waals surface area contributed by atoms with Crippen LogP contribution in [0.2, 0.25) is 0 Å². The third kappa shape index (κ3) is 2.63. The molecule has 0 amide bonds. The molecule has 1 atom stereocenters. The summed E-state index contributed by atoms with van der Waals surface area (Å²) in [5.41, 5.74) is 2.23. The summed E-state index contributed by atoms with van der Waals surface area (Å²) in [4.78, 5) is 9.08. The van der Waals surface area contributed by atoms with Gasteiger partial charge in [0.25, 0.3) is 5.78 Å². The second-order valence-corrected chi connectivity index (χ2v) is 7.88. The topological polar surface area (TPSA) is 52.3 Å². The molecule has 22 heavy (non-hydrogen) atoms. The van der Waals surface area contributed by atoms with Crippen molar-refractivity contribution in [3.63, 3.8) is 0 Å². The van der Waals surface area contributed by atoms with E-state index in [1.807, 2.05) is 24.4 Å². The minimum atomic E-state index is 0.153. The van der Waals surface area contributed by atoms with Crippen molar-refractivity contribution in [1.29, 1.82) is 0 Å². The SMILES string of the molecule is Cc1cc(C)n2nc(SC3CCOC4(CCCC4)C3)nc2n1. The van der Waals surface area contributed by atoms with Gasteiger partial charge in [0.1, 0.15) is 0 Å². The van der Waals surface area contributed by atoms with Crippen molar-refractivity contribution in [1.82, 2.24) is 19.6 Å². The monoisotopic (exact) mass is 318 g/mol. The first kappa shape index (κ1) is 14.5. The van der Waals surface area contributed by atoms with Crippen molar-refractivity contribution in [2.75, 3.05) is 6.61 Å². The minimum absolute atomic E-state index is 0.153. The highest BCUT2D eigenvalue weighted by atomic mass is 32.2. The van der Waals surface area contributed by atoms with Gasteiger partial charge in [-0.15, -0.1) is 5.10 Å². The van der Waals surface area contributed by atoms with E-state index >= 15 is 0 Å². The first-order valence-corrected chi connectivity index (χ1v) is 9.03. The Hall–Kier alpha value is -1.14. The van der Waals surface area contributed by atoms with Crippen LogP contribution >= 0.6 is 11.8 Å². The van der Waals surface area contributed by atoms with E-state index in [1.54, 1.807) is 11.8 Å². The largest absolute Gasteiger partial charge is 0.375 e. The molecule has 4 rings (SSSR count). The van der Waals surface area contributed by atoms with Gasteiger partial charge in [-0.1, -0.05) is 24.6 Å². The zero-order valence-corrected chi connectivity index (χ0v) is 14.0. The van der Waals surface area contributed by atoms with Crippen molar-refractivity contribution in [2.45, 2.75) is 68.4 Å². The summed E-state index contributed by atoms with van der Waals surface area (Å²) in [5, 5.41) is 6.04. The number of hydrogen-bond donors (Lipinski definition) is 0. The van der Waals surface area contributed by atoms with Gasteiger partial charge in [-0.2, -0.15) is 4.98 Å². The van der Waals surface area contributed by atoms with Crippen molar-refractivity contribution in [3.05, 3.63) is 17.5 Å². The number of hydrogen-bond acceptors (Lipinski definition) is 5. The van der Waals surface area contributed by atoms with Crippen LogP contribution in [-0.4, -0.2) is 37.0 Å². The van der Waals surface area contributed by atoms with Gasteiger partial charge in [-0.25, -0.2) is 9.50 Å². The van der Waals surface area contributed by atoms with Gasteiger partial charge in [0.15, 0.2) is 0 Å². The lowest BCUT2D eigenvalue weighted by molar-refractivity contribution is -0.0704. The summed E-state index contributed by atoms with van der Waals surface area (Å²) in [5.74, 6) is 0.711. The van der Waals surface area contributed by atoms with Gasteiger partial charge in [0, 0.05) is 23.2 Å². The molecule has 6 heteroatoms. The molecule has 2 aromatic heterocycles. The lowest BCUT2D eigenvalue weighted by atomic mass is 9.92. The van der Waals surface area contributed by atoms with Crippen molar-refractivity contribution in [3.8, 4) is 0 Å². The maximum Gasteiger partial charge on any atom is 0.253 e. The van der Waals surface area contributed by atoms with Gasteiger partial charge in [0.2, 0.25) is 5.16 Å². The zero-order chi connectivity index (χ0) is 15.2. The molecule has 0 bridgehead atoms. The Morgan fingerprint density at radius 1 is 1.27 bits per heavy atom. The van der Waals surface area contributed by atoms with Crippen LogP contribution in [0, 0.1) is 13.8 Å². The number of ether oxygens (including phenoxy) is 1. The third-order valence-corrected chi connectivity index (χ3v) is 5.95. The first-order valence-electron chi connectivity index (χ1n) is 8.15. The van der Waals surface area contributed by atoms with Gasteiger partial charge in [-0.05, 0) is 45.6 Å². The highest BCUT2D eigenvalue weighted by Gasteiger charge is 2.40. The zero-order valence-electron chi connectivity index (χ0n) is 13.2. The molecule has 1 saturated heterocycles. The molecule has 1 aliphatic carbocycles. The standard InChI is InChI=1S/C16H22N4OS/c1-11-9-12(2)20-14(17-11)18-15(19-20)22-13-5-8-21-16(10-13)6-3-4-7-16/h9,13H,3-8,10H2,1-2H3. The summed E-state index contributed by atoms with van der Waals surface area (Å²) in [6, 6.07) is 2.04. The van der Waals surface area contributed by atoms with Crippen LogP contribution in [-0.2, 0) is 4.74 Å². The molecule has 1 saturated carbocycles. The van der Waals surface area contributed by atoms with E-state index in [0.29, 0.717) is 11.0 Å². The third-order valence-electron chi connectivity index (χ3n) is 4.83. The fraction of sp³-hybridized carbons (Fsp3) is 0.688. The molecule has 118 valence electrons. The Balaban J connectivity index is 1.54. The number of aromatic nitrogens is 4. The molecule has 0 aromatic carbocycles. The average Bonchev–Trinajstić information content (AvgIpc) is 3.06. The first-order chi connectivity index (χ1) is 10.6. The van der Waals surface area contributed by atoms with Crippen LogP contribution in [0.1, 0.15) is 49.9 Å². The molecule has 2 aromatic rings. The fourth-order valence-corrected chi connectivity index (χ4v) is 4.96. The number of nitrogens with zero attached hydrogens (tertiary/aromatic N) is 4. The lowest BCUT2D eigenvalue weighted by Crippen LogP contribution is -2.38. The Morgan fingerprint density at radius 3 is 2.91 bits per heavy atom. The van der Waals surface area contributed by atoms with E-state index in [2.05, 4.69) is 15.1 Å². The Bertz CT molecular complexity index is 693. The molecule has 2 aliphatic rings. The Morgan fingerprint density at radius 2 is 2.09 bits per heavy atom. The highest BCUT2D eigenvalue weighted by Crippen LogP contribution is 2.43. The van der Waals surface area contributed by atoms with Crippen LogP contribution in [0.25, 0.3) is 5.78 Å². The van der Waals surface area contributed by atoms with Crippen LogP contribution < -0.4 is 0 Å². The van der Waals surface area contributed by atoms with E-state index in [1.165, 1.54) is 25.7 Å². The summed E-state index contributed by atoms with van der Waals surface area (Å²) < 4.78 is 7.96. The van der Waals surface area contributed by atoms with Gasteiger partial charge in [0.05, 0.1) is 5.60 Å². The summed E-state index contributed by atoms with van der Waals surface area (Å²) in [7, 11) is 0. The van der Waals surface area contributed by atoms with Crippen LogP contribution in [0.3, 0.4) is 0 Å². The summed E-state index contributed by atoms with van der Waals surface area (Å²) >= 11 is 1.80. The Labute approximate surface area is 134 Å². The van der Waals surface area contributed by atoms with Crippen LogP contribution in [0.15, 0.2) is 11.2 Å². The summed E-state index contributed by atoms with van der Waals surface area (Å²) in [6.07, 6.45) is 7.30. The smallest absolute Gasteiger partial charge is 0.253 e. The molecule has 1 unspecified atom stereocenters. The van der Waals surface area contributed by atoms with Crippen molar-refractivity contribution < 1.29 is 4.74 Å². The van der Waals surface area contributed by atoms with Gasteiger partial charge >= 0.3 is 0 Å². The van der Waals surface area contributed by atoms with E-state index in [9.17, 15) is 0 Å². The second-order valence-electron chi connectivity index (χ2n) is 6.62. The molecule has 0 radical (unpaired) electrons. The molecule has 1 spiro atoms. The predicted octanol–water partition coefficient (Wildman–Crippen LogP) is 3.33.